The minimum absolute atomic E-state index is 0.234. The summed E-state index contributed by atoms with van der Waals surface area (Å²) in [5.74, 6) is -0.767. The van der Waals surface area contributed by atoms with Crippen LogP contribution in [-0.4, -0.2) is 66.7 Å². The Bertz CT molecular complexity index is 514. The Balaban J connectivity index is 2.23. The topological polar surface area (TPSA) is 47.0 Å². The van der Waals surface area contributed by atoms with Crippen LogP contribution in [0.3, 0.4) is 0 Å². The largest absolute Gasteiger partial charge is 0.480 e. The van der Waals surface area contributed by atoms with E-state index in [1.54, 1.807) is 0 Å². The SMILES string of the molecule is CCN(CC)c1ccc(C(C(=O)O)N2CCN(C)CC2C)cc1. The average molecular weight is 319 g/mol. The quantitative estimate of drug-likeness (QED) is 0.872. The second kappa shape index (κ2) is 7.79. The molecule has 0 saturated carbocycles. The first-order chi connectivity index (χ1) is 11.0. The number of piperazine rings is 1. The van der Waals surface area contributed by atoms with Crippen molar-refractivity contribution in [1.82, 2.24) is 9.80 Å². The van der Waals surface area contributed by atoms with E-state index in [4.69, 9.17) is 0 Å². The molecule has 1 N–H and O–H groups in total. The maximum atomic E-state index is 11.9. The van der Waals surface area contributed by atoms with Gasteiger partial charge in [-0.1, -0.05) is 12.1 Å². The molecule has 0 aliphatic carbocycles. The number of benzene rings is 1. The lowest BCUT2D eigenvalue weighted by atomic mass is 10.0. The minimum atomic E-state index is -0.767. The molecule has 128 valence electrons. The molecule has 1 heterocycles. The van der Waals surface area contributed by atoms with E-state index >= 15 is 0 Å². The molecule has 5 heteroatoms. The lowest BCUT2D eigenvalue weighted by Crippen LogP contribution is -2.53. The zero-order valence-corrected chi connectivity index (χ0v) is 14.7. The number of carboxylic acids is 1. The van der Waals surface area contributed by atoms with E-state index in [0.29, 0.717) is 0 Å². The van der Waals surface area contributed by atoms with Crippen LogP contribution in [0.4, 0.5) is 5.69 Å². The Labute approximate surface area is 139 Å². The van der Waals surface area contributed by atoms with Crippen LogP contribution in [-0.2, 0) is 4.79 Å². The summed E-state index contributed by atoms with van der Waals surface area (Å²) >= 11 is 0. The molecular weight excluding hydrogens is 290 g/mol. The van der Waals surface area contributed by atoms with Crippen molar-refractivity contribution in [3.05, 3.63) is 29.8 Å². The highest BCUT2D eigenvalue weighted by Gasteiger charge is 2.33. The van der Waals surface area contributed by atoms with Crippen molar-refractivity contribution in [3.8, 4) is 0 Å². The van der Waals surface area contributed by atoms with Gasteiger partial charge in [-0.05, 0) is 45.5 Å². The highest BCUT2D eigenvalue weighted by molar-refractivity contribution is 5.76. The van der Waals surface area contributed by atoms with Crippen LogP contribution in [0.15, 0.2) is 24.3 Å². The molecule has 1 saturated heterocycles. The third-order valence-electron chi connectivity index (χ3n) is 4.78. The monoisotopic (exact) mass is 319 g/mol. The van der Waals surface area contributed by atoms with Crippen molar-refractivity contribution in [3.63, 3.8) is 0 Å². The van der Waals surface area contributed by atoms with Crippen molar-refractivity contribution in [2.24, 2.45) is 0 Å². The van der Waals surface area contributed by atoms with E-state index in [9.17, 15) is 9.90 Å². The Morgan fingerprint density at radius 2 is 1.87 bits per heavy atom. The van der Waals surface area contributed by atoms with Crippen LogP contribution < -0.4 is 4.90 Å². The highest BCUT2D eigenvalue weighted by Crippen LogP contribution is 2.27. The van der Waals surface area contributed by atoms with Gasteiger partial charge in [0, 0.05) is 44.5 Å². The molecule has 1 aromatic rings. The third kappa shape index (κ3) is 4.03. The van der Waals surface area contributed by atoms with Crippen molar-refractivity contribution < 1.29 is 9.90 Å². The molecule has 2 unspecified atom stereocenters. The first-order valence-electron chi connectivity index (χ1n) is 8.49. The maximum absolute atomic E-state index is 11.9. The number of aliphatic carboxylic acids is 1. The van der Waals surface area contributed by atoms with Gasteiger partial charge in [-0.25, -0.2) is 0 Å². The predicted octanol–water partition coefficient (Wildman–Crippen LogP) is 2.29. The fourth-order valence-corrected chi connectivity index (χ4v) is 3.47. The lowest BCUT2D eigenvalue weighted by molar-refractivity contribution is -0.145. The number of nitrogens with zero attached hydrogens (tertiary/aromatic N) is 3. The van der Waals surface area contributed by atoms with Gasteiger partial charge in [-0.2, -0.15) is 0 Å². The zero-order valence-electron chi connectivity index (χ0n) is 14.7. The van der Waals surface area contributed by atoms with Crippen LogP contribution in [0.1, 0.15) is 32.4 Å². The second-order valence-corrected chi connectivity index (χ2v) is 6.35. The van der Waals surface area contributed by atoms with Gasteiger partial charge >= 0.3 is 5.97 Å². The van der Waals surface area contributed by atoms with E-state index in [1.807, 2.05) is 24.3 Å². The summed E-state index contributed by atoms with van der Waals surface area (Å²) in [7, 11) is 2.09. The number of carboxylic acid groups (broad SMARTS) is 1. The van der Waals surface area contributed by atoms with Crippen molar-refractivity contribution in [2.45, 2.75) is 32.9 Å². The van der Waals surface area contributed by atoms with Crippen molar-refractivity contribution in [1.29, 1.82) is 0 Å². The maximum Gasteiger partial charge on any atom is 0.325 e. The van der Waals surface area contributed by atoms with Gasteiger partial charge in [0.15, 0.2) is 0 Å². The molecule has 0 radical (unpaired) electrons. The Morgan fingerprint density at radius 3 is 2.35 bits per heavy atom. The number of hydrogen-bond acceptors (Lipinski definition) is 4. The minimum Gasteiger partial charge on any atom is -0.480 e. The number of anilines is 1. The molecule has 1 aliphatic heterocycles. The molecule has 0 bridgehead atoms. The standard InChI is InChI=1S/C18H29N3O2/c1-5-20(6-2)16-9-7-15(8-10-16)17(18(22)23)21-12-11-19(4)13-14(21)3/h7-10,14,17H,5-6,11-13H2,1-4H3,(H,22,23). The number of carbonyl (C=O) groups is 1. The fraction of sp³-hybridized carbons (Fsp3) is 0.611. The molecule has 1 aromatic carbocycles. The van der Waals surface area contributed by atoms with Gasteiger partial charge in [0.2, 0.25) is 0 Å². The van der Waals surface area contributed by atoms with Crippen LogP contribution in [0.25, 0.3) is 0 Å². The molecule has 2 rings (SSSR count). The summed E-state index contributed by atoms with van der Waals surface area (Å²) in [6.45, 7) is 10.9. The van der Waals surface area contributed by atoms with Gasteiger partial charge in [0.25, 0.3) is 0 Å². The molecule has 0 aromatic heterocycles. The number of rotatable bonds is 6. The second-order valence-electron chi connectivity index (χ2n) is 6.35. The molecule has 1 aliphatic rings. The van der Waals surface area contributed by atoms with Crippen LogP contribution in [0.2, 0.25) is 0 Å². The van der Waals surface area contributed by atoms with E-state index < -0.39 is 12.0 Å². The molecule has 1 fully saturated rings. The van der Waals surface area contributed by atoms with Crippen LogP contribution in [0, 0.1) is 0 Å². The lowest BCUT2D eigenvalue weighted by Gasteiger charge is -2.41. The molecule has 0 spiro atoms. The summed E-state index contributed by atoms with van der Waals surface area (Å²) in [5, 5.41) is 9.77. The average Bonchev–Trinajstić information content (AvgIpc) is 2.52. The third-order valence-corrected chi connectivity index (χ3v) is 4.78. The number of hydrogen-bond donors (Lipinski definition) is 1. The van der Waals surface area contributed by atoms with Crippen molar-refractivity contribution >= 4 is 11.7 Å². The first-order valence-corrected chi connectivity index (χ1v) is 8.49. The van der Waals surface area contributed by atoms with Crippen LogP contribution in [0.5, 0.6) is 0 Å². The normalized spacial score (nSPS) is 21.1. The van der Waals surface area contributed by atoms with E-state index in [-0.39, 0.29) is 6.04 Å². The van der Waals surface area contributed by atoms with Gasteiger partial charge in [0.05, 0.1) is 0 Å². The fourth-order valence-electron chi connectivity index (χ4n) is 3.47. The summed E-state index contributed by atoms with van der Waals surface area (Å²) in [6, 6.07) is 7.69. The Morgan fingerprint density at radius 1 is 1.26 bits per heavy atom. The zero-order chi connectivity index (χ0) is 17.0. The summed E-state index contributed by atoms with van der Waals surface area (Å²) in [5.41, 5.74) is 2.01. The summed E-state index contributed by atoms with van der Waals surface area (Å²) in [6.07, 6.45) is 0. The molecule has 5 nitrogen and oxygen atoms in total. The summed E-state index contributed by atoms with van der Waals surface area (Å²) < 4.78 is 0. The van der Waals surface area contributed by atoms with Gasteiger partial charge < -0.3 is 14.9 Å². The molecule has 0 amide bonds. The van der Waals surface area contributed by atoms with Crippen molar-refractivity contribution in [2.75, 3.05) is 44.7 Å². The van der Waals surface area contributed by atoms with E-state index in [0.717, 1.165) is 44.0 Å². The first kappa shape index (κ1) is 17.8. The predicted molar refractivity (Wildman–Crippen MR) is 94.0 cm³/mol. The molecule has 2 atom stereocenters. The smallest absolute Gasteiger partial charge is 0.325 e. The van der Waals surface area contributed by atoms with Gasteiger partial charge in [-0.15, -0.1) is 0 Å². The molecular formula is C18H29N3O2. The van der Waals surface area contributed by atoms with E-state index in [2.05, 4.69) is 42.5 Å². The van der Waals surface area contributed by atoms with Crippen LogP contribution >= 0.6 is 0 Å². The highest BCUT2D eigenvalue weighted by atomic mass is 16.4. The Hall–Kier alpha value is -1.59. The van der Waals surface area contributed by atoms with E-state index in [1.165, 1.54) is 0 Å². The summed E-state index contributed by atoms with van der Waals surface area (Å²) in [4.78, 5) is 18.5. The van der Waals surface area contributed by atoms with Gasteiger partial charge in [-0.3, -0.25) is 9.69 Å². The molecule has 23 heavy (non-hydrogen) atoms. The van der Waals surface area contributed by atoms with Gasteiger partial charge in [0.1, 0.15) is 6.04 Å². The Kier molecular flexibility index (Phi) is 6.02. The number of likely N-dealkylation sites (N-methyl/N-ethyl adjacent to an activating group) is 1.